The molecule has 174 valence electrons. The number of hydrogen-bond acceptors (Lipinski definition) is 8. The van der Waals surface area contributed by atoms with Crippen LogP contribution in [-0.4, -0.2) is 44.8 Å². The first-order chi connectivity index (χ1) is 15.8. The van der Waals surface area contributed by atoms with Gasteiger partial charge in [0.2, 0.25) is 5.91 Å². The van der Waals surface area contributed by atoms with Gasteiger partial charge in [-0.2, -0.15) is 0 Å². The monoisotopic (exact) mass is 506 g/mol. The minimum absolute atomic E-state index is 0.0370. The third kappa shape index (κ3) is 5.45. The van der Waals surface area contributed by atoms with Gasteiger partial charge in [0, 0.05) is 12.1 Å². The Hall–Kier alpha value is -2.69. The van der Waals surface area contributed by atoms with Crippen LogP contribution in [0.5, 0.6) is 0 Å². The number of nitrogens with one attached hydrogen (secondary N) is 1. The third-order valence-corrected chi connectivity index (χ3v) is 7.28. The van der Waals surface area contributed by atoms with Gasteiger partial charge in [-0.1, -0.05) is 35.5 Å². The molecule has 8 nitrogen and oxygen atoms in total. The van der Waals surface area contributed by atoms with Gasteiger partial charge in [-0.15, -0.1) is 21.5 Å². The predicted octanol–water partition coefficient (Wildman–Crippen LogP) is 5.10. The number of hydrogen-bond donors (Lipinski definition) is 1. The number of halogens is 1. The Kier molecular flexibility index (Phi) is 8.28. The van der Waals surface area contributed by atoms with Crippen molar-refractivity contribution < 1.29 is 19.1 Å². The van der Waals surface area contributed by atoms with Gasteiger partial charge in [-0.25, -0.2) is 4.79 Å². The molecular weight excluding hydrogens is 484 g/mol. The molecule has 3 aromatic rings. The highest BCUT2D eigenvalue weighted by atomic mass is 35.5. The zero-order chi connectivity index (χ0) is 24.1. The Morgan fingerprint density at radius 2 is 1.94 bits per heavy atom. The van der Waals surface area contributed by atoms with Gasteiger partial charge < -0.3 is 14.6 Å². The summed E-state index contributed by atoms with van der Waals surface area (Å²) in [5.41, 5.74) is 1.47. The smallest absolute Gasteiger partial charge is 0.341 e. The fourth-order valence-corrected chi connectivity index (χ4v) is 5.33. The van der Waals surface area contributed by atoms with E-state index in [1.54, 1.807) is 19.9 Å². The van der Waals surface area contributed by atoms with E-state index in [1.807, 2.05) is 29.7 Å². The normalized spacial score (nSPS) is 10.8. The minimum Gasteiger partial charge on any atom is -0.462 e. The predicted molar refractivity (Wildman–Crippen MR) is 131 cm³/mol. The Bertz CT molecular complexity index is 1210. The molecule has 33 heavy (non-hydrogen) atoms. The van der Waals surface area contributed by atoms with E-state index < -0.39 is 5.97 Å². The molecule has 1 N–H and O–H groups in total. The van der Waals surface area contributed by atoms with Gasteiger partial charge in [0.1, 0.15) is 5.00 Å². The molecule has 2 heterocycles. The Morgan fingerprint density at radius 3 is 2.58 bits per heavy atom. The number of amides is 1. The summed E-state index contributed by atoms with van der Waals surface area (Å²) in [6.07, 6.45) is 0. The lowest BCUT2D eigenvalue weighted by atomic mass is 10.1. The maximum atomic E-state index is 12.7. The van der Waals surface area contributed by atoms with Crippen molar-refractivity contribution in [3.05, 3.63) is 45.3 Å². The second-order valence-corrected chi connectivity index (χ2v) is 9.27. The molecule has 11 heteroatoms. The lowest BCUT2D eigenvalue weighted by molar-refractivity contribution is -0.113. The van der Waals surface area contributed by atoms with Crippen molar-refractivity contribution in [2.24, 2.45) is 0 Å². The van der Waals surface area contributed by atoms with Crippen LogP contribution in [0.4, 0.5) is 5.00 Å². The molecule has 0 saturated carbocycles. The van der Waals surface area contributed by atoms with E-state index in [1.165, 1.54) is 18.7 Å². The number of thioether (sulfide) groups is 1. The molecule has 0 radical (unpaired) electrons. The number of carbonyl (C=O) groups is 3. The van der Waals surface area contributed by atoms with Gasteiger partial charge in [0.25, 0.3) is 0 Å². The first kappa shape index (κ1) is 24.9. The van der Waals surface area contributed by atoms with Crippen LogP contribution in [0.15, 0.2) is 29.4 Å². The van der Waals surface area contributed by atoms with Gasteiger partial charge >= 0.3 is 5.97 Å². The highest BCUT2D eigenvalue weighted by Gasteiger charge is 2.25. The summed E-state index contributed by atoms with van der Waals surface area (Å²) >= 11 is 8.59. The number of rotatable bonds is 9. The van der Waals surface area contributed by atoms with Crippen LogP contribution in [0.2, 0.25) is 5.02 Å². The summed E-state index contributed by atoms with van der Waals surface area (Å²) in [6, 6.07) is 7.36. The average Bonchev–Trinajstić information content (AvgIpc) is 3.33. The number of ketones is 1. The molecule has 0 bridgehead atoms. The topological polar surface area (TPSA) is 103 Å². The molecule has 0 fully saturated rings. The van der Waals surface area contributed by atoms with E-state index in [-0.39, 0.29) is 29.6 Å². The molecule has 0 aliphatic heterocycles. The lowest BCUT2D eigenvalue weighted by Gasteiger charge is -2.09. The van der Waals surface area contributed by atoms with E-state index in [0.717, 1.165) is 16.9 Å². The Morgan fingerprint density at radius 1 is 1.21 bits per heavy atom. The summed E-state index contributed by atoms with van der Waals surface area (Å²) in [4.78, 5) is 37.5. The van der Waals surface area contributed by atoms with Crippen LogP contribution in [0.25, 0.3) is 11.4 Å². The van der Waals surface area contributed by atoms with E-state index in [9.17, 15) is 14.4 Å². The highest BCUT2D eigenvalue weighted by Crippen LogP contribution is 2.34. The summed E-state index contributed by atoms with van der Waals surface area (Å²) < 4.78 is 6.99. The van der Waals surface area contributed by atoms with Crippen molar-refractivity contribution in [1.29, 1.82) is 0 Å². The number of carbonyl (C=O) groups excluding carboxylic acids is 3. The quantitative estimate of drug-likeness (QED) is 0.244. The number of aromatic nitrogens is 3. The molecule has 2 aromatic heterocycles. The van der Waals surface area contributed by atoms with Crippen molar-refractivity contribution in [2.75, 3.05) is 17.7 Å². The first-order valence-corrected chi connectivity index (χ1v) is 12.4. The maximum absolute atomic E-state index is 12.7. The Balaban J connectivity index is 1.78. The summed E-state index contributed by atoms with van der Waals surface area (Å²) in [5, 5.41) is 12.7. The standard InChI is InChI=1S/C22H23ClN4O4S2/c1-5-27-19(14-9-7-8-10-15(14)23)25-26-22(27)32-11-16(29)24-20-17(21(30)31-6-2)12(3)18(33-20)13(4)28/h7-10H,5-6,11H2,1-4H3,(H,24,29). The van der Waals surface area contributed by atoms with Crippen molar-refractivity contribution in [1.82, 2.24) is 14.8 Å². The largest absolute Gasteiger partial charge is 0.462 e. The van der Waals surface area contributed by atoms with Crippen LogP contribution in [0.1, 0.15) is 46.4 Å². The van der Waals surface area contributed by atoms with Crippen LogP contribution < -0.4 is 5.32 Å². The highest BCUT2D eigenvalue weighted by molar-refractivity contribution is 7.99. The van der Waals surface area contributed by atoms with Crippen LogP contribution in [-0.2, 0) is 16.1 Å². The summed E-state index contributed by atoms with van der Waals surface area (Å²) in [6.45, 7) is 7.52. The van der Waals surface area contributed by atoms with E-state index in [4.69, 9.17) is 16.3 Å². The number of anilines is 1. The molecule has 3 rings (SSSR count). The summed E-state index contributed by atoms with van der Waals surface area (Å²) in [5.74, 6) is -0.435. The Labute approximate surface area is 204 Å². The molecule has 0 atom stereocenters. The zero-order valence-corrected chi connectivity index (χ0v) is 21.0. The molecule has 0 aliphatic carbocycles. The fraction of sp³-hybridized carbons (Fsp3) is 0.318. The van der Waals surface area contributed by atoms with Gasteiger partial charge in [-0.3, -0.25) is 9.59 Å². The second-order valence-electron chi connectivity index (χ2n) is 6.90. The number of ether oxygens (including phenoxy) is 1. The van der Waals surface area contributed by atoms with E-state index in [2.05, 4.69) is 15.5 Å². The lowest BCUT2D eigenvalue weighted by Crippen LogP contribution is -2.17. The zero-order valence-electron chi connectivity index (χ0n) is 18.6. The van der Waals surface area contributed by atoms with Crippen LogP contribution in [0, 0.1) is 6.92 Å². The average molecular weight is 507 g/mol. The number of nitrogens with zero attached hydrogens (tertiary/aromatic N) is 3. The number of Topliss-reactive ketones (excluding diaryl/α,β-unsaturated/α-hetero) is 1. The van der Waals surface area contributed by atoms with Crippen LogP contribution >= 0.6 is 34.7 Å². The molecule has 1 aromatic carbocycles. The van der Waals surface area contributed by atoms with E-state index >= 15 is 0 Å². The number of benzene rings is 1. The van der Waals surface area contributed by atoms with E-state index in [0.29, 0.717) is 38.0 Å². The minimum atomic E-state index is -0.572. The third-order valence-electron chi connectivity index (χ3n) is 4.68. The SMILES string of the molecule is CCOC(=O)c1c(NC(=O)CSc2nnc(-c3ccccc3Cl)n2CC)sc(C(C)=O)c1C. The molecule has 0 saturated heterocycles. The van der Waals surface area contributed by atoms with Crippen molar-refractivity contribution in [2.45, 2.75) is 39.4 Å². The van der Waals surface area contributed by atoms with Gasteiger partial charge in [0.05, 0.1) is 27.8 Å². The van der Waals surface area contributed by atoms with Crippen LogP contribution in [0.3, 0.4) is 0 Å². The number of esters is 1. The second kappa shape index (κ2) is 11.0. The molecule has 0 spiro atoms. The maximum Gasteiger partial charge on any atom is 0.341 e. The molecule has 1 amide bonds. The molecule has 0 aliphatic rings. The number of thiophene rings is 1. The van der Waals surface area contributed by atoms with Crippen molar-refractivity contribution in [3.63, 3.8) is 0 Å². The van der Waals surface area contributed by atoms with Crippen molar-refractivity contribution in [3.8, 4) is 11.4 Å². The van der Waals surface area contributed by atoms with Gasteiger partial charge in [-0.05, 0) is 45.4 Å². The van der Waals surface area contributed by atoms with Crippen molar-refractivity contribution >= 4 is 57.4 Å². The fourth-order valence-electron chi connectivity index (χ4n) is 3.20. The molecule has 0 unspecified atom stereocenters. The molecular formula is C22H23ClN4O4S2. The summed E-state index contributed by atoms with van der Waals surface area (Å²) in [7, 11) is 0. The first-order valence-electron chi connectivity index (χ1n) is 10.2. The van der Waals surface area contributed by atoms with Gasteiger partial charge in [0.15, 0.2) is 16.8 Å².